The van der Waals surface area contributed by atoms with Crippen molar-refractivity contribution < 1.29 is 14.5 Å². The van der Waals surface area contributed by atoms with Crippen LogP contribution in [0.5, 0.6) is 0 Å². The average molecular weight is 300 g/mol. The number of nitro groups is 1. The highest BCUT2D eigenvalue weighted by atomic mass is 35.5. The molecule has 1 amide bonds. The fourth-order valence-corrected chi connectivity index (χ4v) is 2.08. The third-order valence-electron chi connectivity index (χ3n) is 2.90. The first kappa shape index (κ1) is 14.7. The van der Waals surface area contributed by atoms with Crippen molar-refractivity contribution in [2.24, 2.45) is 0 Å². The molecule has 0 radical (unpaired) electrons. The maximum Gasteiger partial charge on any atom is 0.289 e. The standard InChI is InChI=1S/C12H14ClN3O4/c13-10-2-1-9(7-11(10)16(18)19)14-12(17)8-15-3-5-20-6-4-15/h1-2,7H,3-6,8H2,(H,14,17). The minimum Gasteiger partial charge on any atom is -0.379 e. The Kier molecular flexibility index (Phi) is 4.89. The Bertz CT molecular complexity index is 517. The van der Waals surface area contributed by atoms with Crippen molar-refractivity contribution in [3.63, 3.8) is 0 Å². The molecule has 0 aliphatic carbocycles. The molecule has 1 saturated heterocycles. The number of halogens is 1. The first-order chi connectivity index (χ1) is 9.56. The fraction of sp³-hybridized carbons (Fsp3) is 0.417. The summed E-state index contributed by atoms with van der Waals surface area (Å²) >= 11 is 5.71. The van der Waals surface area contributed by atoms with Crippen LogP contribution in [0.25, 0.3) is 0 Å². The van der Waals surface area contributed by atoms with Crippen molar-refractivity contribution in [1.82, 2.24) is 4.90 Å². The van der Waals surface area contributed by atoms with E-state index >= 15 is 0 Å². The molecule has 0 saturated carbocycles. The zero-order valence-electron chi connectivity index (χ0n) is 10.7. The van der Waals surface area contributed by atoms with Gasteiger partial charge in [0, 0.05) is 24.8 Å². The first-order valence-corrected chi connectivity index (χ1v) is 6.48. The number of nitro benzene ring substituents is 1. The predicted molar refractivity (Wildman–Crippen MR) is 74.0 cm³/mol. The SMILES string of the molecule is O=C(CN1CCOCC1)Nc1ccc(Cl)c([N+](=O)[O-])c1. The van der Waals surface area contributed by atoms with Gasteiger partial charge in [-0.3, -0.25) is 19.8 Å². The smallest absolute Gasteiger partial charge is 0.289 e. The second kappa shape index (κ2) is 6.65. The van der Waals surface area contributed by atoms with Crippen LogP contribution in [0.1, 0.15) is 0 Å². The number of carbonyl (C=O) groups is 1. The van der Waals surface area contributed by atoms with Gasteiger partial charge < -0.3 is 10.1 Å². The lowest BCUT2D eigenvalue weighted by molar-refractivity contribution is -0.384. The molecule has 1 fully saturated rings. The largest absolute Gasteiger partial charge is 0.379 e. The lowest BCUT2D eigenvalue weighted by Crippen LogP contribution is -2.41. The van der Waals surface area contributed by atoms with Crippen LogP contribution in [0.4, 0.5) is 11.4 Å². The van der Waals surface area contributed by atoms with Gasteiger partial charge in [0.15, 0.2) is 0 Å². The summed E-state index contributed by atoms with van der Waals surface area (Å²) in [5.41, 5.74) is 0.134. The number of nitrogens with one attached hydrogen (secondary N) is 1. The number of morpholine rings is 1. The lowest BCUT2D eigenvalue weighted by atomic mass is 10.2. The minimum atomic E-state index is -0.583. The third kappa shape index (κ3) is 3.89. The van der Waals surface area contributed by atoms with Crippen LogP contribution in [-0.2, 0) is 9.53 Å². The number of ether oxygens (including phenoxy) is 1. The summed E-state index contributed by atoms with van der Waals surface area (Å²) in [5.74, 6) is -0.219. The third-order valence-corrected chi connectivity index (χ3v) is 3.22. The molecule has 0 spiro atoms. The Morgan fingerprint density at radius 2 is 2.15 bits per heavy atom. The number of nitrogens with zero attached hydrogens (tertiary/aromatic N) is 2. The maximum atomic E-state index is 11.9. The monoisotopic (exact) mass is 299 g/mol. The highest BCUT2D eigenvalue weighted by molar-refractivity contribution is 6.32. The molecule has 1 aromatic rings. The van der Waals surface area contributed by atoms with Gasteiger partial charge in [0.25, 0.3) is 5.69 Å². The summed E-state index contributed by atoms with van der Waals surface area (Å²) in [6.07, 6.45) is 0. The summed E-state index contributed by atoms with van der Waals surface area (Å²) in [7, 11) is 0. The molecule has 0 bridgehead atoms. The number of hydrogen-bond donors (Lipinski definition) is 1. The van der Waals surface area contributed by atoms with E-state index in [1.165, 1.54) is 18.2 Å². The van der Waals surface area contributed by atoms with Crippen molar-refractivity contribution in [2.45, 2.75) is 0 Å². The quantitative estimate of drug-likeness (QED) is 0.673. The number of hydrogen-bond acceptors (Lipinski definition) is 5. The van der Waals surface area contributed by atoms with Gasteiger partial charge in [-0.15, -0.1) is 0 Å². The number of rotatable bonds is 4. The topological polar surface area (TPSA) is 84.7 Å². The van der Waals surface area contributed by atoms with Gasteiger partial charge in [-0.05, 0) is 12.1 Å². The molecular formula is C12H14ClN3O4. The normalized spacial score (nSPS) is 15.8. The number of carbonyl (C=O) groups excluding carboxylic acids is 1. The van der Waals surface area contributed by atoms with Gasteiger partial charge in [0.1, 0.15) is 5.02 Å². The molecule has 1 aliphatic heterocycles. The second-order valence-corrected chi connectivity index (χ2v) is 4.77. The van der Waals surface area contributed by atoms with Crippen LogP contribution in [-0.4, -0.2) is 48.6 Å². The molecule has 1 aliphatic rings. The highest BCUT2D eigenvalue weighted by Gasteiger charge is 2.16. The van der Waals surface area contributed by atoms with Crippen molar-refractivity contribution >= 4 is 28.9 Å². The van der Waals surface area contributed by atoms with E-state index in [1.54, 1.807) is 0 Å². The molecule has 1 N–H and O–H groups in total. The fourth-order valence-electron chi connectivity index (χ4n) is 1.89. The van der Waals surface area contributed by atoms with Crippen molar-refractivity contribution in [3.8, 4) is 0 Å². The van der Waals surface area contributed by atoms with Crippen LogP contribution < -0.4 is 5.32 Å². The van der Waals surface area contributed by atoms with Gasteiger partial charge in [-0.1, -0.05) is 11.6 Å². The van der Waals surface area contributed by atoms with E-state index in [-0.39, 0.29) is 23.2 Å². The molecule has 0 aromatic heterocycles. The van der Waals surface area contributed by atoms with E-state index in [2.05, 4.69) is 5.32 Å². The van der Waals surface area contributed by atoms with E-state index in [0.717, 1.165) is 0 Å². The Balaban J connectivity index is 1.96. The molecule has 0 atom stereocenters. The Hall–Kier alpha value is -1.70. The van der Waals surface area contributed by atoms with Crippen molar-refractivity contribution in [3.05, 3.63) is 33.3 Å². The van der Waals surface area contributed by atoms with E-state index in [9.17, 15) is 14.9 Å². The van der Waals surface area contributed by atoms with Crippen LogP contribution in [0.3, 0.4) is 0 Å². The van der Waals surface area contributed by atoms with Crippen molar-refractivity contribution in [2.75, 3.05) is 38.2 Å². The molecule has 1 heterocycles. The van der Waals surface area contributed by atoms with Crippen molar-refractivity contribution in [1.29, 1.82) is 0 Å². The van der Waals surface area contributed by atoms with Crippen LogP contribution in [0, 0.1) is 10.1 Å². The second-order valence-electron chi connectivity index (χ2n) is 4.36. The Labute approximate surface area is 120 Å². The molecule has 20 heavy (non-hydrogen) atoms. The zero-order chi connectivity index (χ0) is 14.5. The van der Waals surface area contributed by atoms with Gasteiger partial charge in [-0.25, -0.2) is 0 Å². The van der Waals surface area contributed by atoms with E-state index < -0.39 is 4.92 Å². The first-order valence-electron chi connectivity index (χ1n) is 6.10. The molecule has 108 valence electrons. The Morgan fingerprint density at radius 1 is 1.45 bits per heavy atom. The molecule has 1 aromatic carbocycles. The zero-order valence-corrected chi connectivity index (χ0v) is 11.4. The predicted octanol–water partition coefficient (Wildman–Crippen LogP) is 1.52. The minimum absolute atomic E-state index is 0.0428. The van der Waals surface area contributed by atoms with Gasteiger partial charge in [0.05, 0.1) is 24.7 Å². The molecule has 0 unspecified atom stereocenters. The summed E-state index contributed by atoms with van der Waals surface area (Å²) in [6, 6.07) is 4.18. The highest BCUT2D eigenvalue weighted by Crippen LogP contribution is 2.27. The van der Waals surface area contributed by atoms with Crippen LogP contribution in [0.2, 0.25) is 5.02 Å². The Morgan fingerprint density at radius 3 is 2.80 bits per heavy atom. The molecular weight excluding hydrogens is 286 g/mol. The maximum absolute atomic E-state index is 11.9. The van der Waals surface area contributed by atoms with E-state index in [4.69, 9.17) is 16.3 Å². The number of anilines is 1. The summed E-state index contributed by atoms with van der Waals surface area (Å²) in [5, 5.41) is 13.4. The summed E-state index contributed by atoms with van der Waals surface area (Å²) in [6.45, 7) is 2.86. The summed E-state index contributed by atoms with van der Waals surface area (Å²) < 4.78 is 5.19. The molecule has 7 nitrogen and oxygen atoms in total. The molecule has 8 heteroatoms. The van der Waals surface area contributed by atoms with E-state index in [1.807, 2.05) is 4.90 Å². The van der Waals surface area contributed by atoms with Gasteiger partial charge in [-0.2, -0.15) is 0 Å². The number of amides is 1. The summed E-state index contributed by atoms with van der Waals surface area (Å²) in [4.78, 5) is 24.0. The molecule has 2 rings (SSSR count). The van der Waals surface area contributed by atoms with Crippen LogP contribution in [0.15, 0.2) is 18.2 Å². The van der Waals surface area contributed by atoms with Gasteiger partial charge >= 0.3 is 0 Å². The van der Waals surface area contributed by atoms with E-state index in [0.29, 0.717) is 32.0 Å². The number of benzene rings is 1. The average Bonchev–Trinajstić information content (AvgIpc) is 2.41. The lowest BCUT2D eigenvalue weighted by Gasteiger charge is -2.25. The van der Waals surface area contributed by atoms with Crippen LogP contribution >= 0.6 is 11.6 Å². The van der Waals surface area contributed by atoms with Gasteiger partial charge in [0.2, 0.25) is 5.91 Å².